The number of hydrogen-bond acceptors (Lipinski definition) is 3. The Labute approximate surface area is 155 Å². The van der Waals surface area contributed by atoms with Gasteiger partial charge in [0.25, 0.3) is 5.91 Å². The highest BCUT2D eigenvalue weighted by atomic mass is 16.5. The molecule has 0 unspecified atom stereocenters. The molecule has 0 bridgehead atoms. The Hall–Kier alpha value is -3.66. The number of nitrogens with zero attached hydrogens (tertiary/aromatic N) is 2. The van der Waals surface area contributed by atoms with Gasteiger partial charge in [-0.1, -0.05) is 54.6 Å². The minimum absolute atomic E-state index is 0.0572. The van der Waals surface area contributed by atoms with Crippen molar-refractivity contribution in [3.8, 4) is 5.75 Å². The number of carbonyl (C=O) groups excluding carboxylic acids is 1. The summed E-state index contributed by atoms with van der Waals surface area (Å²) in [4.78, 5) is 17.4. The third-order valence-corrected chi connectivity index (χ3v) is 4.78. The van der Waals surface area contributed by atoms with Crippen molar-refractivity contribution in [2.45, 2.75) is 0 Å². The van der Waals surface area contributed by atoms with E-state index in [0.717, 1.165) is 32.7 Å². The fourth-order valence-electron chi connectivity index (χ4n) is 3.59. The van der Waals surface area contributed by atoms with Crippen molar-refractivity contribution < 1.29 is 9.53 Å². The summed E-state index contributed by atoms with van der Waals surface area (Å²) in [5, 5.41) is 3.11. The number of fused-ring (bicyclic) bond motifs is 4. The van der Waals surface area contributed by atoms with E-state index in [9.17, 15) is 4.79 Å². The van der Waals surface area contributed by atoms with Crippen LogP contribution in [0, 0.1) is 0 Å². The van der Waals surface area contributed by atoms with E-state index in [2.05, 4.69) is 4.98 Å². The Morgan fingerprint density at radius 2 is 1.48 bits per heavy atom. The van der Waals surface area contributed by atoms with Gasteiger partial charge in [0.2, 0.25) is 0 Å². The largest absolute Gasteiger partial charge is 0.481 e. The summed E-state index contributed by atoms with van der Waals surface area (Å²) in [6, 6.07) is 25.5. The van der Waals surface area contributed by atoms with Gasteiger partial charge in [0, 0.05) is 22.4 Å². The van der Waals surface area contributed by atoms with E-state index in [4.69, 9.17) is 4.74 Å². The third kappa shape index (κ3) is 2.54. The van der Waals surface area contributed by atoms with E-state index in [1.807, 2.05) is 78.9 Å². The lowest BCUT2D eigenvalue weighted by Gasteiger charge is -2.10. The zero-order chi connectivity index (χ0) is 18.2. The molecule has 2 aromatic heterocycles. The maximum Gasteiger partial charge on any atom is 0.269 e. The summed E-state index contributed by atoms with van der Waals surface area (Å²) in [5.74, 6) is 0.502. The van der Waals surface area contributed by atoms with Crippen LogP contribution in [-0.4, -0.2) is 22.1 Å². The van der Waals surface area contributed by atoms with Crippen molar-refractivity contribution in [2.24, 2.45) is 0 Å². The minimum atomic E-state index is -0.111. The molecule has 0 amide bonds. The SMILES string of the molecule is O=C(COc1cccc2cccnc12)n1c2ccccc2c2ccccc21. The van der Waals surface area contributed by atoms with Crippen molar-refractivity contribution >= 4 is 38.6 Å². The molecule has 2 heterocycles. The molecule has 0 aliphatic heterocycles. The highest BCUT2D eigenvalue weighted by Gasteiger charge is 2.16. The Kier molecular flexibility index (Phi) is 3.61. The fourth-order valence-corrected chi connectivity index (χ4v) is 3.59. The lowest BCUT2D eigenvalue weighted by molar-refractivity contribution is 0.0849. The molecule has 0 fully saturated rings. The Bertz CT molecular complexity index is 1250. The van der Waals surface area contributed by atoms with E-state index in [1.54, 1.807) is 10.8 Å². The highest BCUT2D eigenvalue weighted by molar-refractivity contribution is 6.13. The molecule has 0 aliphatic carbocycles. The first-order valence-electron chi connectivity index (χ1n) is 8.81. The maximum absolute atomic E-state index is 13.1. The van der Waals surface area contributed by atoms with Crippen LogP contribution in [0.3, 0.4) is 0 Å². The van der Waals surface area contributed by atoms with Crippen molar-refractivity contribution in [3.05, 3.63) is 85.1 Å². The van der Waals surface area contributed by atoms with Gasteiger partial charge in [-0.2, -0.15) is 0 Å². The number of aromatic nitrogens is 2. The van der Waals surface area contributed by atoms with Crippen LogP contribution in [0.25, 0.3) is 32.7 Å². The van der Waals surface area contributed by atoms with Crippen LogP contribution in [0.5, 0.6) is 5.75 Å². The van der Waals surface area contributed by atoms with Gasteiger partial charge < -0.3 is 4.74 Å². The summed E-state index contributed by atoms with van der Waals surface area (Å²) < 4.78 is 7.61. The normalized spacial score (nSPS) is 11.3. The van der Waals surface area contributed by atoms with Gasteiger partial charge >= 0.3 is 0 Å². The standard InChI is InChI=1S/C23H16N2O2/c26-22(15-27-21-13-5-7-16-8-6-14-24-23(16)21)25-19-11-3-1-9-17(19)18-10-2-4-12-20(18)25/h1-14H,15H2. The molecule has 0 spiro atoms. The highest BCUT2D eigenvalue weighted by Crippen LogP contribution is 2.29. The fraction of sp³-hybridized carbons (Fsp3) is 0.0435. The maximum atomic E-state index is 13.1. The van der Waals surface area contributed by atoms with Crippen molar-refractivity contribution in [1.29, 1.82) is 0 Å². The number of rotatable bonds is 3. The van der Waals surface area contributed by atoms with Crippen LogP contribution in [-0.2, 0) is 0 Å². The van der Waals surface area contributed by atoms with Gasteiger partial charge in [0.15, 0.2) is 6.61 Å². The molecule has 4 heteroatoms. The van der Waals surface area contributed by atoms with Crippen molar-refractivity contribution in [2.75, 3.05) is 6.61 Å². The van der Waals surface area contributed by atoms with Crippen LogP contribution >= 0.6 is 0 Å². The molecular formula is C23H16N2O2. The van der Waals surface area contributed by atoms with Crippen LogP contribution < -0.4 is 4.74 Å². The van der Waals surface area contributed by atoms with Crippen LogP contribution in [0.1, 0.15) is 4.79 Å². The quantitative estimate of drug-likeness (QED) is 0.456. The van der Waals surface area contributed by atoms with Crippen molar-refractivity contribution in [3.63, 3.8) is 0 Å². The number of benzene rings is 3. The molecule has 0 N–H and O–H groups in total. The summed E-state index contributed by atoms with van der Waals surface area (Å²) in [5.41, 5.74) is 2.54. The lowest BCUT2D eigenvalue weighted by Crippen LogP contribution is -2.19. The second-order valence-electron chi connectivity index (χ2n) is 6.38. The summed E-state index contributed by atoms with van der Waals surface area (Å²) in [7, 11) is 0. The lowest BCUT2D eigenvalue weighted by atomic mass is 10.2. The number of ether oxygens (including phenoxy) is 1. The molecule has 130 valence electrons. The average molecular weight is 352 g/mol. The third-order valence-electron chi connectivity index (χ3n) is 4.78. The van der Waals surface area contributed by atoms with Crippen molar-refractivity contribution in [1.82, 2.24) is 9.55 Å². The molecule has 4 nitrogen and oxygen atoms in total. The Balaban J connectivity index is 1.54. The molecule has 0 radical (unpaired) electrons. The first kappa shape index (κ1) is 15.6. The second-order valence-corrected chi connectivity index (χ2v) is 6.38. The van der Waals surface area contributed by atoms with E-state index in [0.29, 0.717) is 5.75 Å². The second kappa shape index (κ2) is 6.25. The summed E-state index contributed by atoms with van der Waals surface area (Å²) >= 11 is 0. The molecule has 0 aliphatic rings. The molecule has 0 atom stereocenters. The average Bonchev–Trinajstić information content (AvgIpc) is 3.06. The van der Waals surface area contributed by atoms with E-state index in [1.165, 1.54) is 0 Å². The molecular weight excluding hydrogens is 336 g/mol. The smallest absolute Gasteiger partial charge is 0.269 e. The van der Waals surface area contributed by atoms with Gasteiger partial charge in [-0.15, -0.1) is 0 Å². The van der Waals surface area contributed by atoms with Gasteiger partial charge in [-0.3, -0.25) is 14.3 Å². The van der Waals surface area contributed by atoms with Gasteiger partial charge in [-0.25, -0.2) is 0 Å². The summed E-state index contributed by atoms with van der Waals surface area (Å²) in [6.07, 6.45) is 1.73. The van der Waals surface area contributed by atoms with E-state index >= 15 is 0 Å². The van der Waals surface area contributed by atoms with Crippen LogP contribution in [0.2, 0.25) is 0 Å². The molecule has 0 saturated carbocycles. The first-order chi connectivity index (χ1) is 13.3. The first-order valence-corrected chi connectivity index (χ1v) is 8.81. The topological polar surface area (TPSA) is 44.1 Å². The van der Waals surface area contributed by atoms with Gasteiger partial charge in [0.1, 0.15) is 11.3 Å². The van der Waals surface area contributed by atoms with Crippen LogP contribution in [0.15, 0.2) is 85.1 Å². The van der Waals surface area contributed by atoms with E-state index < -0.39 is 0 Å². The monoisotopic (exact) mass is 352 g/mol. The number of para-hydroxylation sites is 3. The van der Waals surface area contributed by atoms with E-state index in [-0.39, 0.29) is 12.5 Å². The zero-order valence-corrected chi connectivity index (χ0v) is 14.5. The molecule has 5 rings (SSSR count). The zero-order valence-electron chi connectivity index (χ0n) is 14.5. The molecule has 3 aromatic carbocycles. The Morgan fingerprint density at radius 3 is 2.22 bits per heavy atom. The molecule has 5 aromatic rings. The number of carbonyl (C=O) groups is 1. The minimum Gasteiger partial charge on any atom is -0.481 e. The summed E-state index contributed by atoms with van der Waals surface area (Å²) in [6.45, 7) is -0.0572. The molecule has 0 saturated heterocycles. The predicted octanol–water partition coefficient (Wildman–Crippen LogP) is 5.06. The Morgan fingerprint density at radius 1 is 0.815 bits per heavy atom. The van der Waals surface area contributed by atoms with Gasteiger partial charge in [0.05, 0.1) is 11.0 Å². The molecule has 27 heavy (non-hydrogen) atoms. The van der Waals surface area contributed by atoms with Crippen LogP contribution in [0.4, 0.5) is 0 Å². The van der Waals surface area contributed by atoms with Gasteiger partial charge in [-0.05, 0) is 24.3 Å². The number of pyridine rings is 1. The predicted molar refractivity (Wildman–Crippen MR) is 107 cm³/mol. The number of hydrogen-bond donors (Lipinski definition) is 0.